The first-order valence-corrected chi connectivity index (χ1v) is 10.5. The second-order valence-electron chi connectivity index (χ2n) is 8.00. The minimum Gasteiger partial charge on any atom is -0.497 e. The van der Waals surface area contributed by atoms with Crippen LogP contribution < -0.4 is 14.2 Å². The fourth-order valence-corrected chi connectivity index (χ4v) is 4.05. The molecule has 2 heterocycles. The van der Waals surface area contributed by atoms with Crippen LogP contribution in [0.4, 0.5) is 4.39 Å². The summed E-state index contributed by atoms with van der Waals surface area (Å²) >= 11 is 0. The van der Waals surface area contributed by atoms with Crippen LogP contribution >= 0.6 is 0 Å². The van der Waals surface area contributed by atoms with Gasteiger partial charge in [-0.3, -0.25) is 4.79 Å². The number of allylic oxidation sites excluding steroid dienone is 1. The molecule has 1 aromatic heterocycles. The van der Waals surface area contributed by atoms with Gasteiger partial charge in [-0.05, 0) is 61.0 Å². The number of ether oxygens (including phenoxy) is 3. The highest BCUT2D eigenvalue weighted by Gasteiger charge is 2.30. The number of hydrogen-bond acceptors (Lipinski definition) is 4. The summed E-state index contributed by atoms with van der Waals surface area (Å²) in [5.74, 6) is 1.66. The number of aryl methyl sites for hydroxylation is 1. The molecular weight excluding hydrogens is 421 g/mol. The number of ketones is 1. The van der Waals surface area contributed by atoms with Gasteiger partial charge in [0.05, 0.1) is 12.7 Å². The van der Waals surface area contributed by atoms with Crippen molar-refractivity contribution < 1.29 is 23.4 Å². The molecule has 33 heavy (non-hydrogen) atoms. The van der Waals surface area contributed by atoms with Crippen LogP contribution in [0, 0.1) is 12.7 Å². The Balaban J connectivity index is 1.44. The van der Waals surface area contributed by atoms with Crippen molar-refractivity contribution >= 4 is 22.8 Å². The monoisotopic (exact) mass is 443 g/mol. The maximum atomic E-state index is 13.1. The normalized spacial score (nSPS) is 13.9. The average molecular weight is 443 g/mol. The number of methoxy groups -OCH3 is 1. The summed E-state index contributed by atoms with van der Waals surface area (Å²) in [5, 5.41) is 0.969. The lowest BCUT2D eigenvalue weighted by atomic mass is 10.1. The molecule has 0 unspecified atom stereocenters. The van der Waals surface area contributed by atoms with E-state index in [-0.39, 0.29) is 24.0 Å². The molecule has 0 saturated heterocycles. The van der Waals surface area contributed by atoms with Crippen LogP contribution in [0.3, 0.4) is 0 Å². The highest BCUT2D eigenvalue weighted by molar-refractivity contribution is 6.15. The molecule has 0 saturated carbocycles. The Morgan fingerprint density at radius 1 is 1.09 bits per heavy atom. The van der Waals surface area contributed by atoms with Crippen LogP contribution in [0.1, 0.15) is 27.0 Å². The van der Waals surface area contributed by atoms with Gasteiger partial charge in [0.25, 0.3) is 0 Å². The number of carbonyl (C=O) groups excluding carboxylic acids is 1. The summed E-state index contributed by atoms with van der Waals surface area (Å²) in [5.41, 5.74) is 3.99. The number of nitrogens with zero attached hydrogens (tertiary/aromatic N) is 1. The molecule has 6 heteroatoms. The van der Waals surface area contributed by atoms with Crippen molar-refractivity contribution in [3.8, 4) is 17.2 Å². The minimum absolute atomic E-state index is 0.168. The van der Waals surface area contributed by atoms with Crippen LogP contribution in [-0.4, -0.2) is 17.5 Å². The van der Waals surface area contributed by atoms with Crippen LogP contribution in [0.15, 0.2) is 66.6 Å². The van der Waals surface area contributed by atoms with E-state index in [9.17, 15) is 9.18 Å². The van der Waals surface area contributed by atoms with Crippen molar-refractivity contribution in [1.29, 1.82) is 0 Å². The van der Waals surface area contributed by atoms with E-state index in [0.717, 1.165) is 33.3 Å². The van der Waals surface area contributed by atoms with Gasteiger partial charge in [-0.15, -0.1) is 0 Å². The van der Waals surface area contributed by atoms with Gasteiger partial charge in [0, 0.05) is 35.3 Å². The average Bonchev–Trinajstić information content (AvgIpc) is 3.31. The van der Waals surface area contributed by atoms with Crippen molar-refractivity contribution in [2.45, 2.75) is 13.5 Å². The number of benzene rings is 3. The van der Waals surface area contributed by atoms with Crippen LogP contribution in [0.25, 0.3) is 17.0 Å². The Labute approximate surface area is 190 Å². The Morgan fingerprint density at radius 2 is 1.88 bits per heavy atom. The SMILES string of the molecule is COc1ccc2c(c1)c(C=C1Oc3c(ccc(OCc4ccc(F)cc4)c3C)C1=O)cn2C. The largest absolute Gasteiger partial charge is 0.497 e. The zero-order valence-electron chi connectivity index (χ0n) is 18.5. The maximum Gasteiger partial charge on any atom is 0.231 e. The molecule has 166 valence electrons. The smallest absolute Gasteiger partial charge is 0.231 e. The van der Waals surface area contributed by atoms with Crippen molar-refractivity contribution in [2.75, 3.05) is 7.11 Å². The van der Waals surface area contributed by atoms with E-state index in [2.05, 4.69) is 0 Å². The molecule has 1 aliphatic heterocycles. The van der Waals surface area contributed by atoms with Crippen molar-refractivity contribution in [2.24, 2.45) is 7.05 Å². The number of fused-ring (bicyclic) bond motifs is 2. The second-order valence-corrected chi connectivity index (χ2v) is 8.00. The van der Waals surface area contributed by atoms with Crippen LogP contribution in [0.2, 0.25) is 0 Å². The number of carbonyl (C=O) groups is 1. The zero-order chi connectivity index (χ0) is 23.1. The number of hydrogen-bond donors (Lipinski definition) is 0. The highest BCUT2D eigenvalue weighted by atomic mass is 19.1. The number of aromatic nitrogens is 1. The fourth-order valence-electron chi connectivity index (χ4n) is 4.05. The highest BCUT2D eigenvalue weighted by Crippen LogP contribution is 2.40. The van der Waals surface area contributed by atoms with Gasteiger partial charge >= 0.3 is 0 Å². The third-order valence-electron chi connectivity index (χ3n) is 5.86. The molecule has 0 radical (unpaired) electrons. The number of rotatable bonds is 5. The standard InChI is InChI=1S/C27H22FNO4/c1-16-24(32-15-17-4-6-19(28)7-5-17)11-9-21-26(30)25(33-27(16)21)12-18-14-29(2)23-10-8-20(31-3)13-22(18)23/h4-14H,15H2,1-3H3. The minimum atomic E-state index is -0.289. The fraction of sp³-hybridized carbons (Fsp3) is 0.148. The van der Waals surface area contributed by atoms with E-state index in [1.807, 2.05) is 42.9 Å². The summed E-state index contributed by atoms with van der Waals surface area (Å²) in [7, 11) is 3.58. The lowest BCUT2D eigenvalue weighted by Gasteiger charge is -2.11. The molecule has 0 bridgehead atoms. The molecular formula is C27H22FNO4. The van der Waals surface area contributed by atoms with E-state index in [4.69, 9.17) is 14.2 Å². The van der Waals surface area contributed by atoms with E-state index in [0.29, 0.717) is 17.1 Å². The third-order valence-corrected chi connectivity index (χ3v) is 5.86. The predicted octanol–water partition coefficient (Wildman–Crippen LogP) is 5.83. The lowest BCUT2D eigenvalue weighted by molar-refractivity contribution is 0.101. The van der Waals surface area contributed by atoms with Gasteiger partial charge in [0.15, 0.2) is 5.76 Å². The van der Waals surface area contributed by atoms with E-state index in [1.165, 1.54) is 12.1 Å². The summed E-state index contributed by atoms with van der Waals surface area (Å²) in [6.07, 6.45) is 3.73. The Kier molecular flexibility index (Phi) is 5.13. The van der Waals surface area contributed by atoms with Gasteiger partial charge < -0.3 is 18.8 Å². The number of halogens is 1. The molecule has 5 nitrogen and oxygen atoms in total. The molecule has 0 fully saturated rings. The third kappa shape index (κ3) is 3.74. The second kappa shape index (κ2) is 8.13. The molecule has 1 aliphatic rings. The van der Waals surface area contributed by atoms with Gasteiger partial charge in [-0.1, -0.05) is 12.1 Å². The molecule has 4 aromatic rings. The molecule has 3 aromatic carbocycles. The Hall–Kier alpha value is -4.06. The predicted molar refractivity (Wildman–Crippen MR) is 124 cm³/mol. The van der Waals surface area contributed by atoms with E-state index < -0.39 is 0 Å². The van der Waals surface area contributed by atoms with Crippen LogP contribution in [0.5, 0.6) is 17.2 Å². The number of Topliss-reactive ketones (excluding diaryl/α,β-unsaturated/α-hetero) is 1. The Bertz CT molecular complexity index is 1420. The quantitative estimate of drug-likeness (QED) is 0.364. The maximum absolute atomic E-state index is 13.1. The van der Waals surface area contributed by atoms with Crippen molar-refractivity contribution in [1.82, 2.24) is 4.57 Å². The van der Waals surface area contributed by atoms with Crippen LogP contribution in [-0.2, 0) is 13.7 Å². The van der Waals surface area contributed by atoms with Gasteiger partial charge in [0.2, 0.25) is 5.78 Å². The van der Waals surface area contributed by atoms with Gasteiger partial charge in [0.1, 0.15) is 29.7 Å². The topological polar surface area (TPSA) is 49.7 Å². The molecule has 0 atom stereocenters. The molecule has 0 N–H and O–H groups in total. The molecule has 5 rings (SSSR count). The lowest BCUT2D eigenvalue weighted by Crippen LogP contribution is -1.98. The Morgan fingerprint density at radius 3 is 2.64 bits per heavy atom. The summed E-state index contributed by atoms with van der Waals surface area (Å²) in [6, 6.07) is 15.5. The van der Waals surface area contributed by atoms with E-state index >= 15 is 0 Å². The molecule has 0 amide bonds. The van der Waals surface area contributed by atoms with Gasteiger partial charge in [-0.25, -0.2) is 4.39 Å². The van der Waals surface area contributed by atoms with Crippen molar-refractivity contribution in [3.63, 3.8) is 0 Å². The summed E-state index contributed by atoms with van der Waals surface area (Å²) < 4.78 is 32.4. The van der Waals surface area contributed by atoms with Crippen molar-refractivity contribution in [3.05, 3.63) is 94.6 Å². The summed E-state index contributed by atoms with van der Waals surface area (Å²) in [4.78, 5) is 13.0. The first-order chi connectivity index (χ1) is 15.9. The van der Waals surface area contributed by atoms with Gasteiger partial charge in [-0.2, -0.15) is 0 Å². The van der Waals surface area contributed by atoms with E-state index in [1.54, 1.807) is 37.5 Å². The zero-order valence-corrected chi connectivity index (χ0v) is 18.5. The summed E-state index contributed by atoms with van der Waals surface area (Å²) in [6.45, 7) is 2.15. The first-order valence-electron chi connectivity index (χ1n) is 10.5. The molecule has 0 spiro atoms. The molecule has 0 aliphatic carbocycles. The first kappa shape index (κ1) is 20.8.